The van der Waals surface area contributed by atoms with Crippen molar-refractivity contribution in [1.29, 1.82) is 0 Å². The number of aromatic nitrogens is 1. The lowest BCUT2D eigenvalue weighted by Gasteiger charge is -2.15. The second kappa shape index (κ2) is 12.7. The van der Waals surface area contributed by atoms with Gasteiger partial charge in [0.1, 0.15) is 6.61 Å². The summed E-state index contributed by atoms with van der Waals surface area (Å²) in [5.41, 5.74) is 6.85. The summed E-state index contributed by atoms with van der Waals surface area (Å²) in [6.07, 6.45) is 1.53. The summed E-state index contributed by atoms with van der Waals surface area (Å²) in [7, 11) is 1.56. The van der Waals surface area contributed by atoms with Gasteiger partial charge >= 0.3 is 0 Å². The molecule has 0 bridgehead atoms. The standard InChI is InChI=1S/C31H22Cl2IN3O3/c1-39-29-15-23(34)13-21(30(29)40-18-20-11-12-22(32)14-26(20)33)17-35-37-31(38)25-16-28(19-7-3-2-4-8-19)36-27-10-6-5-9-24(25)27/h2-17H,18H2,1H3,(H,37,38)/b35-17-. The molecule has 0 unspecified atom stereocenters. The zero-order valence-electron chi connectivity index (χ0n) is 21.2. The zero-order chi connectivity index (χ0) is 28.1. The largest absolute Gasteiger partial charge is 0.493 e. The number of amides is 1. The van der Waals surface area contributed by atoms with E-state index in [4.69, 9.17) is 37.7 Å². The lowest BCUT2D eigenvalue weighted by Crippen LogP contribution is -2.18. The van der Waals surface area contributed by atoms with Crippen molar-refractivity contribution in [3.8, 4) is 22.8 Å². The summed E-state index contributed by atoms with van der Waals surface area (Å²) in [6, 6.07) is 28.0. The van der Waals surface area contributed by atoms with Crippen molar-refractivity contribution in [3.63, 3.8) is 0 Å². The molecule has 0 saturated carbocycles. The Hall–Kier alpha value is -3.66. The number of fused-ring (bicyclic) bond motifs is 1. The topological polar surface area (TPSA) is 72.8 Å². The number of pyridine rings is 1. The number of hydrogen-bond acceptors (Lipinski definition) is 5. The number of nitrogens with zero attached hydrogens (tertiary/aromatic N) is 2. The summed E-state index contributed by atoms with van der Waals surface area (Å²) in [6.45, 7) is 0.186. The first kappa shape index (κ1) is 27.9. The van der Waals surface area contributed by atoms with E-state index in [9.17, 15) is 4.79 Å². The summed E-state index contributed by atoms with van der Waals surface area (Å²) < 4.78 is 12.6. The van der Waals surface area contributed by atoms with Gasteiger partial charge in [0.05, 0.1) is 30.1 Å². The van der Waals surface area contributed by atoms with Crippen LogP contribution in [-0.4, -0.2) is 24.2 Å². The number of ether oxygens (including phenoxy) is 2. The van der Waals surface area contributed by atoms with Gasteiger partial charge in [0.2, 0.25) is 0 Å². The molecule has 5 aromatic rings. The molecule has 0 saturated heterocycles. The third-order valence-corrected chi connectivity index (χ3v) is 7.27. The number of carbonyl (C=O) groups excluding carboxylic acids is 1. The number of nitrogens with one attached hydrogen (secondary N) is 1. The molecule has 40 heavy (non-hydrogen) atoms. The molecule has 200 valence electrons. The van der Waals surface area contributed by atoms with Crippen LogP contribution in [0, 0.1) is 3.57 Å². The van der Waals surface area contributed by atoms with Crippen LogP contribution in [0.5, 0.6) is 11.5 Å². The van der Waals surface area contributed by atoms with E-state index in [0.717, 1.165) is 25.6 Å². The van der Waals surface area contributed by atoms with Crippen molar-refractivity contribution in [2.45, 2.75) is 6.61 Å². The highest BCUT2D eigenvalue weighted by Crippen LogP contribution is 2.34. The van der Waals surface area contributed by atoms with Crippen molar-refractivity contribution in [1.82, 2.24) is 10.4 Å². The molecular weight excluding hydrogens is 660 g/mol. The predicted octanol–water partition coefficient (Wildman–Crippen LogP) is 8.16. The maximum atomic E-state index is 13.3. The molecule has 1 N–H and O–H groups in total. The first-order valence-electron chi connectivity index (χ1n) is 12.2. The Kier molecular flexibility index (Phi) is 8.84. The Morgan fingerprint density at radius 3 is 2.55 bits per heavy atom. The lowest BCUT2D eigenvalue weighted by atomic mass is 10.0. The van der Waals surface area contributed by atoms with Crippen LogP contribution in [0.2, 0.25) is 10.0 Å². The highest BCUT2D eigenvalue weighted by molar-refractivity contribution is 14.1. The zero-order valence-corrected chi connectivity index (χ0v) is 24.9. The van der Waals surface area contributed by atoms with Crippen LogP contribution >= 0.6 is 45.8 Å². The van der Waals surface area contributed by atoms with Crippen molar-refractivity contribution in [3.05, 3.63) is 121 Å². The third kappa shape index (κ3) is 6.38. The van der Waals surface area contributed by atoms with E-state index in [1.54, 1.807) is 31.4 Å². The molecule has 9 heteroatoms. The fraction of sp³-hybridized carbons (Fsp3) is 0.0645. The molecule has 1 heterocycles. The number of rotatable bonds is 8. The molecule has 0 radical (unpaired) electrons. The molecule has 1 aromatic heterocycles. The minimum absolute atomic E-state index is 0.186. The molecule has 1 amide bonds. The molecule has 6 nitrogen and oxygen atoms in total. The molecule has 0 aliphatic carbocycles. The fourth-order valence-electron chi connectivity index (χ4n) is 4.12. The van der Waals surface area contributed by atoms with Gasteiger partial charge in [-0.1, -0.05) is 77.8 Å². The van der Waals surface area contributed by atoms with Crippen LogP contribution in [0.15, 0.2) is 96.1 Å². The van der Waals surface area contributed by atoms with Gasteiger partial charge in [0.15, 0.2) is 11.5 Å². The predicted molar refractivity (Wildman–Crippen MR) is 169 cm³/mol. The average molecular weight is 682 g/mol. The molecule has 0 aliphatic rings. The number of para-hydroxylation sites is 1. The number of methoxy groups -OCH3 is 1. The Morgan fingerprint density at radius 2 is 1.77 bits per heavy atom. The Balaban J connectivity index is 1.42. The highest BCUT2D eigenvalue weighted by Gasteiger charge is 2.15. The van der Waals surface area contributed by atoms with Crippen LogP contribution in [0.25, 0.3) is 22.2 Å². The smallest absolute Gasteiger partial charge is 0.272 e. The van der Waals surface area contributed by atoms with Crippen molar-refractivity contribution < 1.29 is 14.3 Å². The molecule has 4 aromatic carbocycles. The van der Waals surface area contributed by atoms with E-state index in [1.165, 1.54) is 6.21 Å². The lowest BCUT2D eigenvalue weighted by molar-refractivity contribution is 0.0956. The van der Waals surface area contributed by atoms with Gasteiger partial charge in [-0.3, -0.25) is 4.79 Å². The van der Waals surface area contributed by atoms with E-state index in [-0.39, 0.29) is 12.5 Å². The van der Waals surface area contributed by atoms with Gasteiger partial charge in [0.25, 0.3) is 5.91 Å². The van der Waals surface area contributed by atoms with Crippen LogP contribution in [0.3, 0.4) is 0 Å². The van der Waals surface area contributed by atoms with Gasteiger partial charge in [-0.15, -0.1) is 0 Å². The summed E-state index contributed by atoms with van der Waals surface area (Å²) in [5.74, 6) is 0.630. The molecule has 0 atom stereocenters. The highest BCUT2D eigenvalue weighted by atomic mass is 127. The van der Waals surface area contributed by atoms with Crippen molar-refractivity contribution >= 4 is 68.8 Å². The fourth-order valence-corrected chi connectivity index (χ4v) is 5.20. The molecule has 0 fully saturated rings. The van der Waals surface area contributed by atoms with Crippen molar-refractivity contribution in [2.24, 2.45) is 5.10 Å². The minimum Gasteiger partial charge on any atom is -0.493 e. The maximum absolute atomic E-state index is 13.3. The number of hydrogen-bond donors (Lipinski definition) is 1. The molecule has 0 spiro atoms. The average Bonchev–Trinajstić information content (AvgIpc) is 2.97. The van der Waals surface area contributed by atoms with Gasteiger partial charge < -0.3 is 9.47 Å². The Bertz CT molecular complexity index is 1730. The van der Waals surface area contributed by atoms with Crippen LogP contribution in [-0.2, 0) is 6.61 Å². The third-order valence-electron chi connectivity index (χ3n) is 6.06. The van der Waals surface area contributed by atoms with Gasteiger partial charge in [-0.05, 0) is 59.0 Å². The number of carbonyl (C=O) groups is 1. The first-order valence-corrected chi connectivity index (χ1v) is 14.0. The number of benzene rings is 4. The van der Waals surface area contributed by atoms with Gasteiger partial charge in [-0.2, -0.15) is 5.10 Å². The summed E-state index contributed by atoms with van der Waals surface area (Å²) in [5, 5.41) is 6.03. The van der Waals surface area contributed by atoms with E-state index >= 15 is 0 Å². The van der Waals surface area contributed by atoms with Crippen LogP contribution < -0.4 is 14.9 Å². The quantitative estimate of drug-likeness (QED) is 0.102. The van der Waals surface area contributed by atoms with Gasteiger partial charge in [-0.25, -0.2) is 10.4 Å². The Morgan fingerprint density at radius 1 is 1.00 bits per heavy atom. The van der Waals surface area contributed by atoms with Crippen LogP contribution in [0.4, 0.5) is 0 Å². The molecule has 0 aliphatic heterocycles. The maximum Gasteiger partial charge on any atom is 0.272 e. The molecule has 5 rings (SSSR count). The monoisotopic (exact) mass is 681 g/mol. The van der Waals surface area contributed by atoms with E-state index in [0.29, 0.717) is 38.4 Å². The number of hydrazone groups is 1. The van der Waals surface area contributed by atoms with E-state index < -0.39 is 0 Å². The second-order valence-corrected chi connectivity index (χ2v) is 10.8. The normalized spacial score (nSPS) is 11.1. The van der Waals surface area contributed by atoms with Crippen molar-refractivity contribution in [2.75, 3.05) is 7.11 Å². The number of halogens is 3. The van der Waals surface area contributed by atoms with E-state index in [2.05, 4.69) is 33.1 Å². The Labute approximate surface area is 255 Å². The van der Waals surface area contributed by atoms with Gasteiger partial charge in [0, 0.05) is 35.7 Å². The summed E-state index contributed by atoms with van der Waals surface area (Å²) in [4.78, 5) is 18.1. The first-order chi connectivity index (χ1) is 19.4. The van der Waals surface area contributed by atoms with E-state index in [1.807, 2.05) is 66.7 Å². The molecular formula is C31H22Cl2IN3O3. The second-order valence-electron chi connectivity index (χ2n) is 8.69. The SMILES string of the molecule is COc1cc(I)cc(/C=N\NC(=O)c2cc(-c3ccccc3)nc3ccccc23)c1OCc1ccc(Cl)cc1Cl. The van der Waals surface area contributed by atoms with Crippen LogP contribution in [0.1, 0.15) is 21.5 Å². The summed E-state index contributed by atoms with van der Waals surface area (Å²) >= 11 is 14.5. The minimum atomic E-state index is -0.361.